The van der Waals surface area contributed by atoms with Gasteiger partial charge < -0.3 is 4.90 Å². The molecular weight excluding hydrogens is 305 g/mol. The van der Waals surface area contributed by atoms with E-state index in [0.29, 0.717) is 18.8 Å². The Labute approximate surface area is 141 Å². The van der Waals surface area contributed by atoms with Gasteiger partial charge in [-0.3, -0.25) is 4.79 Å². The lowest BCUT2D eigenvalue weighted by Gasteiger charge is -2.20. The van der Waals surface area contributed by atoms with E-state index in [4.69, 9.17) is 0 Å². The second-order valence-corrected chi connectivity index (χ2v) is 6.26. The first-order chi connectivity index (χ1) is 11.7. The number of benzene rings is 1. The van der Waals surface area contributed by atoms with E-state index < -0.39 is 0 Å². The Morgan fingerprint density at radius 2 is 2.00 bits per heavy atom. The highest BCUT2D eigenvalue weighted by atomic mass is 19.1. The predicted octanol–water partition coefficient (Wildman–Crippen LogP) is 3.34. The third-order valence-electron chi connectivity index (χ3n) is 4.66. The molecule has 1 fully saturated rings. The molecule has 1 aromatic heterocycles. The quantitative estimate of drug-likeness (QED) is 0.865. The second-order valence-electron chi connectivity index (χ2n) is 6.26. The monoisotopic (exact) mass is 327 g/mol. The van der Waals surface area contributed by atoms with Crippen molar-refractivity contribution in [3.05, 3.63) is 59.9 Å². The van der Waals surface area contributed by atoms with Crippen molar-refractivity contribution in [3.8, 4) is 0 Å². The van der Waals surface area contributed by atoms with Gasteiger partial charge in [0.15, 0.2) is 0 Å². The molecule has 1 aliphatic rings. The van der Waals surface area contributed by atoms with Gasteiger partial charge >= 0.3 is 0 Å². The van der Waals surface area contributed by atoms with Crippen molar-refractivity contribution in [1.29, 1.82) is 0 Å². The normalized spacial score (nSPS) is 18.2. The van der Waals surface area contributed by atoms with Gasteiger partial charge in [-0.1, -0.05) is 12.1 Å². The van der Waals surface area contributed by atoms with Crippen LogP contribution in [-0.4, -0.2) is 33.9 Å². The van der Waals surface area contributed by atoms with Crippen molar-refractivity contribution in [2.45, 2.75) is 38.0 Å². The summed E-state index contributed by atoms with van der Waals surface area (Å²) < 4.78 is 13.1. The van der Waals surface area contributed by atoms with Crippen LogP contribution in [-0.2, 0) is 11.2 Å². The van der Waals surface area contributed by atoms with Gasteiger partial charge in [0, 0.05) is 31.4 Å². The van der Waals surface area contributed by atoms with Gasteiger partial charge in [0.25, 0.3) is 0 Å². The number of halogens is 1. The molecule has 0 spiro atoms. The van der Waals surface area contributed by atoms with Crippen LogP contribution in [0.25, 0.3) is 0 Å². The van der Waals surface area contributed by atoms with Crippen LogP contribution in [0.4, 0.5) is 4.39 Å². The average molecular weight is 327 g/mol. The number of carbonyl (C=O) groups excluding carboxylic acids is 1. The number of aromatic nitrogens is 2. The van der Waals surface area contributed by atoms with Crippen molar-refractivity contribution in [1.82, 2.24) is 14.9 Å². The standard InChI is InChI=1S/C19H22FN3O/c20-17-5-3-16(4-6-17)15-2-1-12-23(13-10-15)19(24)8-7-18-9-11-21-14-22-18/h3-6,9,11,14-15H,1-2,7-8,10,12-13H2. The molecule has 2 aromatic rings. The fourth-order valence-electron chi connectivity index (χ4n) is 3.27. The molecule has 1 saturated heterocycles. The molecule has 24 heavy (non-hydrogen) atoms. The lowest BCUT2D eigenvalue weighted by atomic mass is 9.92. The van der Waals surface area contributed by atoms with Crippen LogP contribution in [0, 0.1) is 5.82 Å². The van der Waals surface area contributed by atoms with Crippen molar-refractivity contribution >= 4 is 5.91 Å². The molecule has 0 radical (unpaired) electrons. The van der Waals surface area contributed by atoms with E-state index in [9.17, 15) is 9.18 Å². The van der Waals surface area contributed by atoms with Crippen LogP contribution in [0.2, 0.25) is 0 Å². The molecule has 4 nitrogen and oxygen atoms in total. The molecular formula is C19H22FN3O. The zero-order valence-corrected chi connectivity index (χ0v) is 13.7. The van der Waals surface area contributed by atoms with Crippen molar-refractivity contribution < 1.29 is 9.18 Å². The maximum Gasteiger partial charge on any atom is 0.222 e. The Morgan fingerprint density at radius 3 is 2.75 bits per heavy atom. The fraction of sp³-hybridized carbons (Fsp3) is 0.421. The summed E-state index contributed by atoms with van der Waals surface area (Å²) in [6.07, 6.45) is 7.32. The van der Waals surface area contributed by atoms with Crippen LogP contribution >= 0.6 is 0 Å². The largest absolute Gasteiger partial charge is 0.343 e. The van der Waals surface area contributed by atoms with Crippen molar-refractivity contribution in [2.75, 3.05) is 13.1 Å². The van der Waals surface area contributed by atoms with E-state index >= 15 is 0 Å². The summed E-state index contributed by atoms with van der Waals surface area (Å²) >= 11 is 0. The number of nitrogens with zero attached hydrogens (tertiary/aromatic N) is 3. The first kappa shape index (κ1) is 16.6. The van der Waals surface area contributed by atoms with E-state index in [2.05, 4.69) is 9.97 Å². The van der Waals surface area contributed by atoms with Crippen LogP contribution in [0.3, 0.4) is 0 Å². The molecule has 0 saturated carbocycles. The summed E-state index contributed by atoms with van der Waals surface area (Å²) in [7, 11) is 0. The summed E-state index contributed by atoms with van der Waals surface area (Å²) in [5.41, 5.74) is 2.07. The Kier molecular flexibility index (Phi) is 5.51. The number of hydrogen-bond donors (Lipinski definition) is 0. The van der Waals surface area contributed by atoms with Crippen LogP contribution in [0.5, 0.6) is 0 Å². The van der Waals surface area contributed by atoms with E-state index in [-0.39, 0.29) is 11.7 Å². The number of likely N-dealkylation sites (tertiary alicyclic amines) is 1. The summed E-state index contributed by atoms with van der Waals surface area (Å²) in [6, 6.07) is 8.62. The van der Waals surface area contributed by atoms with Crippen LogP contribution in [0.1, 0.15) is 42.9 Å². The topological polar surface area (TPSA) is 46.1 Å². The molecule has 1 aromatic carbocycles. The molecule has 2 heterocycles. The highest BCUT2D eigenvalue weighted by molar-refractivity contribution is 5.76. The molecule has 5 heteroatoms. The smallest absolute Gasteiger partial charge is 0.222 e. The summed E-state index contributed by atoms with van der Waals surface area (Å²) in [6.45, 7) is 1.57. The minimum Gasteiger partial charge on any atom is -0.343 e. The number of rotatable bonds is 4. The van der Waals surface area contributed by atoms with Gasteiger partial charge in [0.1, 0.15) is 12.1 Å². The molecule has 1 amide bonds. The SMILES string of the molecule is O=C(CCc1ccncn1)N1CCCC(c2ccc(F)cc2)CC1. The Bertz CT molecular complexity index is 660. The van der Waals surface area contributed by atoms with Gasteiger partial charge in [0.05, 0.1) is 0 Å². The van der Waals surface area contributed by atoms with E-state index in [0.717, 1.165) is 38.0 Å². The maximum atomic E-state index is 13.1. The summed E-state index contributed by atoms with van der Waals surface area (Å²) in [5.74, 6) is 0.396. The van der Waals surface area contributed by atoms with Gasteiger partial charge in [-0.15, -0.1) is 0 Å². The molecule has 0 N–H and O–H groups in total. The third-order valence-corrected chi connectivity index (χ3v) is 4.66. The Morgan fingerprint density at radius 1 is 1.17 bits per heavy atom. The fourth-order valence-corrected chi connectivity index (χ4v) is 3.27. The molecule has 1 unspecified atom stereocenters. The summed E-state index contributed by atoms with van der Waals surface area (Å²) in [5, 5.41) is 0. The number of amides is 1. The minimum atomic E-state index is -0.200. The van der Waals surface area contributed by atoms with Crippen molar-refractivity contribution in [3.63, 3.8) is 0 Å². The van der Waals surface area contributed by atoms with Gasteiger partial charge in [-0.25, -0.2) is 14.4 Å². The number of hydrogen-bond acceptors (Lipinski definition) is 3. The highest BCUT2D eigenvalue weighted by Gasteiger charge is 2.21. The lowest BCUT2D eigenvalue weighted by Crippen LogP contribution is -2.32. The molecule has 126 valence electrons. The highest BCUT2D eigenvalue weighted by Crippen LogP contribution is 2.28. The molecule has 0 aliphatic carbocycles. The van der Waals surface area contributed by atoms with Crippen LogP contribution < -0.4 is 0 Å². The maximum absolute atomic E-state index is 13.1. The first-order valence-electron chi connectivity index (χ1n) is 8.50. The van der Waals surface area contributed by atoms with Gasteiger partial charge in [-0.05, 0) is 55.4 Å². The molecule has 3 rings (SSSR count). The van der Waals surface area contributed by atoms with Gasteiger partial charge in [0.2, 0.25) is 5.91 Å². The zero-order valence-electron chi connectivity index (χ0n) is 13.7. The molecule has 1 atom stereocenters. The molecule has 1 aliphatic heterocycles. The van der Waals surface area contributed by atoms with Gasteiger partial charge in [-0.2, -0.15) is 0 Å². The average Bonchev–Trinajstić information content (AvgIpc) is 2.87. The lowest BCUT2D eigenvalue weighted by molar-refractivity contribution is -0.131. The summed E-state index contributed by atoms with van der Waals surface area (Å²) in [4.78, 5) is 22.5. The number of carbonyl (C=O) groups is 1. The molecule has 0 bridgehead atoms. The van der Waals surface area contributed by atoms with E-state index in [1.807, 2.05) is 23.1 Å². The predicted molar refractivity (Wildman–Crippen MR) is 89.9 cm³/mol. The third kappa shape index (κ3) is 4.37. The zero-order chi connectivity index (χ0) is 16.8. The van der Waals surface area contributed by atoms with E-state index in [1.165, 1.54) is 24.0 Å². The first-order valence-corrected chi connectivity index (χ1v) is 8.50. The number of aryl methyl sites for hydroxylation is 1. The van der Waals surface area contributed by atoms with Crippen LogP contribution in [0.15, 0.2) is 42.9 Å². The Hall–Kier alpha value is -2.30. The minimum absolute atomic E-state index is 0.188. The Balaban J connectivity index is 1.53. The van der Waals surface area contributed by atoms with Crippen molar-refractivity contribution in [2.24, 2.45) is 0 Å². The van der Waals surface area contributed by atoms with E-state index in [1.54, 1.807) is 6.20 Å². The second kappa shape index (κ2) is 7.99.